The number of rotatable bonds is 2. The largest absolute Gasteiger partial charge is 0.324 e. The summed E-state index contributed by atoms with van der Waals surface area (Å²) in [6, 6.07) is 8.13. The van der Waals surface area contributed by atoms with Crippen LogP contribution >= 0.6 is 23.4 Å². The molecule has 0 aromatic heterocycles. The standard InChI is InChI=1S/C12H16ClNS/c13-11-3-1-9(2-4-11)12(14)10-5-7-15-8-6-10/h1-4,10,12H,5-8,14H2. The molecule has 1 saturated heterocycles. The molecule has 1 nitrogen and oxygen atoms in total. The Bertz CT molecular complexity index is 306. The third-order valence-electron chi connectivity index (χ3n) is 3.03. The molecule has 0 saturated carbocycles. The maximum Gasteiger partial charge on any atom is 0.0406 e. The van der Waals surface area contributed by atoms with E-state index in [1.807, 2.05) is 23.9 Å². The van der Waals surface area contributed by atoms with E-state index in [4.69, 9.17) is 17.3 Å². The van der Waals surface area contributed by atoms with Gasteiger partial charge >= 0.3 is 0 Å². The molecule has 1 aromatic carbocycles. The van der Waals surface area contributed by atoms with Gasteiger partial charge in [-0.25, -0.2) is 0 Å². The minimum atomic E-state index is 0.183. The Labute approximate surface area is 100 Å². The van der Waals surface area contributed by atoms with Crippen LogP contribution in [-0.2, 0) is 0 Å². The molecule has 2 rings (SSSR count). The van der Waals surface area contributed by atoms with E-state index >= 15 is 0 Å². The molecule has 1 unspecified atom stereocenters. The Kier molecular flexibility index (Phi) is 3.95. The molecule has 0 amide bonds. The number of hydrogen-bond acceptors (Lipinski definition) is 2. The topological polar surface area (TPSA) is 26.0 Å². The average Bonchev–Trinajstić information content (AvgIpc) is 2.30. The minimum Gasteiger partial charge on any atom is -0.324 e. The summed E-state index contributed by atoms with van der Waals surface area (Å²) in [6.07, 6.45) is 2.49. The predicted octanol–water partition coefficient (Wildman–Crippen LogP) is 3.48. The second-order valence-electron chi connectivity index (χ2n) is 4.03. The van der Waals surface area contributed by atoms with Crippen molar-refractivity contribution in [2.24, 2.45) is 11.7 Å². The summed E-state index contributed by atoms with van der Waals surface area (Å²) < 4.78 is 0. The Morgan fingerprint density at radius 1 is 1.20 bits per heavy atom. The van der Waals surface area contributed by atoms with Crippen molar-refractivity contribution in [3.8, 4) is 0 Å². The van der Waals surface area contributed by atoms with Gasteiger partial charge in [-0.05, 0) is 48.0 Å². The van der Waals surface area contributed by atoms with Crippen LogP contribution in [0.5, 0.6) is 0 Å². The highest BCUT2D eigenvalue weighted by Crippen LogP contribution is 2.32. The highest BCUT2D eigenvalue weighted by atomic mass is 35.5. The van der Waals surface area contributed by atoms with Gasteiger partial charge in [0.1, 0.15) is 0 Å². The number of thioether (sulfide) groups is 1. The van der Waals surface area contributed by atoms with Crippen LogP contribution in [0.2, 0.25) is 5.02 Å². The predicted molar refractivity (Wildman–Crippen MR) is 68.4 cm³/mol. The van der Waals surface area contributed by atoms with Crippen LogP contribution in [-0.4, -0.2) is 11.5 Å². The molecule has 1 heterocycles. The van der Waals surface area contributed by atoms with Gasteiger partial charge in [0.25, 0.3) is 0 Å². The summed E-state index contributed by atoms with van der Waals surface area (Å²) in [6.45, 7) is 0. The number of halogens is 1. The lowest BCUT2D eigenvalue weighted by atomic mass is 9.89. The van der Waals surface area contributed by atoms with E-state index in [0.717, 1.165) is 5.02 Å². The van der Waals surface area contributed by atoms with Gasteiger partial charge in [0.05, 0.1) is 0 Å². The van der Waals surface area contributed by atoms with Crippen LogP contribution in [0, 0.1) is 5.92 Å². The third-order valence-corrected chi connectivity index (χ3v) is 4.33. The summed E-state index contributed by atoms with van der Waals surface area (Å²) in [5, 5.41) is 0.783. The zero-order valence-electron chi connectivity index (χ0n) is 8.66. The van der Waals surface area contributed by atoms with E-state index in [1.165, 1.54) is 29.9 Å². The van der Waals surface area contributed by atoms with Crippen molar-refractivity contribution in [3.05, 3.63) is 34.9 Å². The summed E-state index contributed by atoms with van der Waals surface area (Å²) >= 11 is 7.90. The van der Waals surface area contributed by atoms with Crippen molar-refractivity contribution < 1.29 is 0 Å². The molecule has 0 spiro atoms. The molecule has 82 valence electrons. The molecule has 0 radical (unpaired) electrons. The lowest BCUT2D eigenvalue weighted by Crippen LogP contribution is -2.24. The zero-order chi connectivity index (χ0) is 10.7. The number of benzene rings is 1. The molecule has 1 aliphatic rings. The van der Waals surface area contributed by atoms with Gasteiger partial charge in [0.15, 0.2) is 0 Å². The maximum atomic E-state index is 6.27. The molecule has 1 fully saturated rings. The van der Waals surface area contributed by atoms with E-state index in [0.29, 0.717) is 5.92 Å². The van der Waals surface area contributed by atoms with Gasteiger partial charge in [-0.2, -0.15) is 11.8 Å². The van der Waals surface area contributed by atoms with Gasteiger partial charge < -0.3 is 5.73 Å². The highest BCUT2D eigenvalue weighted by Gasteiger charge is 2.21. The molecule has 2 N–H and O–H groups in total. The van der Waals surface area contributed by atoms with Crippen molar-refractivity contribution >= 4 is 23.4 Å². The highest BCUT2D eigenvalue weighted by molar-refractivity contribution is 7.99. The van der Waals surface area contributed by atoms with E-state index in [2.05, 4.69) is 12.1 Å². The van der Waals surface area contributed by atoms with E-state index in [1.54, 1.807) is 0 Å². The van der Waals surface area contributed by atoms with Crippen molar-refractivity contribution in [1.29, 1.82) is 0 Å². The van der Waals surface area contributed by atoms with Crippen LogP contribution in [0.15, 0.2) is 24.3 Å². The summed E-state index contributed by atoms with van der Waals surface area (Å²) in [5.74, 6) is 3.16. The van der Waals surface area contributed by atoms with Gasteiger partial charge in [0, 0.05) is 11.1 Å². The second kappa shape index (κ2) is 5.24. The Balaban J connectivity index is 2.05. The van der Waals surface area contributed by atoms with Crippen LogP contribution in [0.4, 0.5) is 0 Å². The molecule has 15 heavy (non-hydrogen) atoms. The van der Waals surface area contributed by atoms with Crippen molar-refractivity contribution in [2.75, 3.05) is 11.5 Å². The average molecular weight is 242 g/mol. The summed E-state index contributed by atoms with van der Waals surface area (Å²) in [7, 11) is 0. The SMILES string of the molecule is NC(c1ccc(Cl)cc1)C1CCSCC1. The smallest absolute Gasteiger partial charge is 0.0406 e. The fourth-order valence-corrected chi connectivity index (χ4v) is 3.30. The number of nitrogens with two attached hydrogens (primary N) is 1. The second-order valence-corrected chi connectivity index (χ2v) is 5.69. The first-order valence-electron chi connectivity index (χ1n) is 5.36. The van der Waals surface area contributed by atoms with Crippen LogP contribution < -0.4 is 5.73 Å². The Morgan fingerprint density at radius 2 is 1.80 bits per heavy atom. The molecular weight excluding hydrogens is 226 g/mol. The van der Waals surface area contributed by atoms with Crippen molar-refractivity contribution in [1.82, 2.24) is 0 Å². The molecule has 3 heteroatoms. The van der Waals surface area contributed by atoms with Crippen LogP contribution in [0.3, 0.4) is 0 Å². The third kappa shape index (κ3) is 2.90. The molecule has 0 bridgehead atoms. The molecule has 1 atom stereocenters. The minimum absolute atomic E-state index is 0.183. The molecule has 1 aromatic rings. The lowest BCUT2D eigenvalue weighted by molar-refractivity contribution is 0.404. The fraction of sp³-hybridized carbons (Fsp3) is 0.500. The first kappa shape index (κ1) is 11.3. The first-order chi connectivity index (χ1) is 7.27. The van der Waals surface area contributed by atoms with Gasteiger partial charge in [-0.3, -0.25) is 0 Å². The van der Waals surface area contributed by atoms with Crippen LogP contribution in [0.1, 0.15) is 24.4 Å². The van der Waals surface area contributed by atoms with E-state index < -0.39 is 0 Å². The van der Waals surface area contributed by atoms with Gasteiger partial charge in [-0.1, -0.05) is 23.7 Å². The molecule has 0 aliphatic carbocycles. The van der Waals surface area contributed by atoms with Crippen molar-refractivity contribution in [2.45, 2.75) is 18.9 Å². The zero-order valence-corrected chi connectivity index (χ0v) is 10.2. The van der Waals surface area contributed by atoms with Gasteiger partial charge in [0.2, 0.25) is 0 Å². The normalized spacial score (nSPS) is 20.1. The van der Waals surface area contributed by atoms with E-state index in [-0.39, 0.29) is 6.04 Å². The monoisotopic (exact) mass is 241 g/mol. The van der Waals surface area contributed by atoms with E-state index in [9.17, 15) is 0 Å². The maximum absolute atomic E-state index is 6.27. The fourth-order valence-electron chi connectivity index (χ4n) is 2.03. The Hall–Kier alpha value is -0.180. The van der Waals surface area contributed by atoms with Crippen molar-refractivity contribution in [3.63, 3.8) is 0 Å². The van der Waals surface area contributed by atoms with Crippen LogP contribution in [0.25, 0.3) is 0 Å². The summed E-state index contributed by atoms with van der Waals surface area (Å²) in [5.41, 5.74) is 7.49. The lowest BCUT2D eigenvalue weighted by Gasteiger charge is -2.27. The molecule has 1 aliphatic heterocycles. The molecular formula is C12H16ClNS. The van der Waals surface area contributed by atoms with Gasteiger partial charge in [-0.15, -0.1) is 0 Å². The number of hydrogen-bond donors (Lipinski definition) is 1. The Morgan fingerprint density at radius 3 is 2.40 bits per heavy atom. The quantitative estimate of drug-likeness (QED) is 0.858. The summed E-state index contributed by atoms with van der Waals surface area (Å²) in [4.78, 5) is 0. The first-order valence-corrected chi connectivity index (χ1v) is 6.89.